The lowest BCUT2D eigenvalue weighted by Crippen LogP contribution is -2.42. The molecule has 1 saturated heterocycles. The van der Waals surface area contributed by atoms with E-state index in [-0.39, 0.29) is 0 Å². The standard InChI is InChI=1S/C18H38N2O/c1-7-16(8-2)20(12-14(3)4)13-18-10-9-17(21-18)11-19-15(5)6/h14-19H,7-13H2,1-6H3. The molecule has 21 heavy (non-hydrogen) atoms. The topological polar surface area (TPSA) is 24.5 Å². The molecule has 1 N–H and O–H groups in total. The van der Waals surface area contributed by atoms with Gasteiger partial charge in [0, 0.05) is 31.7 Å². The summed E-state index contributed by atoms with van der Waals surface area (Å²) in [6.07, 6.45) is 5.77. The van der Waals surface area contributed by atoms with Crippen LogP contribution in [0, 0.1) is 5.92 Å². The number of hydrogen-bond donors (Lipinski definition) is 1. The van der Waals surface area contributed by atoms with Gasteiger partial charge < -0.3 is 10.1 Å². The third-order valence-corrected chi connectivity index (χ3v) is 4.45. The number of hydrogen-bond acceptors (Lipinski definition) is 3. The minimum absolute atomic E-state index is 0.417. The zero-order valence-electron chi connectivity index (χ0n) is 15.2. The van der Waals surface area contributed by atoms with Gasteiger partial charge in [0.15, 0.2) is 0 Å². The first-order valence-electron chi connectivity index (χ1n) is 9.09. The van der Waals surface area contributed by atoms with Crippen LogP contribution in [0.25, 0.3) is 0 Å². The second-order valence-corrected chi connectivity index (χ2v) is 7.34. The second kappa shape index (κ2) is 9.81. The maximum Gasteiger partial charge on any atom is 0.0707 e. The third kappa shape index (κ3) is 7.12. The van der Waals surface area contributed by atoms with Gasteiger partial charge in [-0.3, -0.25) is 4.90 Å². The maximum absolute atomic E-state index is 6.26. The average molecular weight is 299 g/mol. The summed E-state index contributed by atoms with van der Waals surface area (Å²) in [6.45, 7) is 17.0. The van der Waals surface area contributed by atoms with Crippen molar-refractivity contribution in [3.05, 3.63) is 0 Å². The first-order valence-corrected chi connectivity index (χ1v) is 9.09. The summed E-state index contributed by atoms with van der Waals surface area (Å²) >= 11 is 0. The molecule has 0 bridgehead atoms. The van der Waals surface area contributed by atoms with Crippen molar-refractivity contribution in [3.8, 4) is 0 Å². The van der Waals surface area contributed by atoms with E-state index in [1.807, 2.05) is 0 Å². The number of nitrogens with zero attached hydrogens (tertiary/aromatic N) is 1. The summed E-state index contributed by atoms with van der Waals surface area (Å²) in [5, 5.41) is 3.50. The van der Waals surface area contributed by atoms with Crippen LogP contribution in [-0.2, 0) is 4.74 Å². The predicted octanol–water partition coefficient (Wildman–Crippen LogP) is 3.68. The van der Waals surface area contributed by atoms with Crippen LogP contribution in [0.1, 0.15) is 67.2 Å². The molecule has 3 nitrogen and oxygen atoms in total. The fraction of sp³-hybridized carbons (Fsp3) is 1.00. The lowest BCUT2D eigenvalue weighted by Gasteiger charge is -2.33. The molecule has 1 fully saturated rings. The SMILES string of the molecule is CCC(CC)N(CC(C)C)CC1CCC(CNC(C)C)O1. The monoisotopic (exact) mass is 298 g/mol. The zero-order chi connectivity index (χ0) is 15.8. The Balaban J connectivity index is 2.44. The minimum Gasteiger partial charge on any atom is -0.372 e. The van der Waals surface area contributed by atoms with E-state index in [0.717, 1.165) is 19.0 Å². The summed E-state index contributed by atoms with van der Waals surface area (Å²) in [5.41, 5.74) is 0. The summed E-state index contributed by atoms with van der Waals surface area (Å²) in [4.78, 5) is 2.67. The van der Waals surface area contributed by atoms with Crippen molar-refractivity contribution in [1.82, 2.24) is 10.2 Å². The molecule has 3 heteroatoms. The van der Waals surface area contributed by atoms with Gasteiger partial charge in [-0.25, -0.2) is 0 Å². The van der Waals surface area contributed by atoms with E-state index in [1.54, 1.807) is 0 Å². The molecule has 2 atom stereocenters. The van der Waals surface area contributed by atoms with Crippen molar-refractivity contribution < 1.29 is 4.74 Å². The molecule has 0 radical (unpaired) electrons. The molecule has 1 rings (SSSR count). The van der Waals surface area contributed by atoms with E-state index >= 15 is 0 Å². The summed E-state index contributed by atoms with van der Waals surface area (Å²) in [7, 11) is 0. The van der Waals surface area contributed by atoms with Crippen LogP contribution in [0.15, 0.2) is 0 Å². The molecule has 126 valence electrons. The van der Waals surface area contributed by atoms with E-state index in [1.165, 1.54) is 32.2 Å². The van der Waals surface area contributed by atoms with Crippen LogP contribution in [0.2, 0.25) is 0 Å². The predicted molar refractivity (Wildman–Crippen MR) is 91.8 cm³/mol. The molecule has 2 unspecified atom stereocenters. The van der Waals surface area contributed by atoms with Crippen molar-refractivity contribution in [2.45, 2.75) is 91.5 Å². The molecular formula is C18H38N2O. The van der Waals surface area contributed by atoms with Crippen molar-refractivity contribution in [2.75, 3.05) is 19.6 Å². The fourth-order valence-corrected chi connectivity index (χ4v) is 3.34. The zero-order valence-corrected chi connectivity index (χ0v) is 15.2. The molecular weight excluding hydrogens is 260 g/mol. The van der Waals surface area contributed by atoms with Gasteiger partial charge in [0.2, 0.25) is 0 Å². The Kier molecular flexibility index (Phi) is 8.84. The molecule has 0 spiro atoms. The lowest BCUT2D eigenvalue weighted by molar-refractivity contribution is 0.00977. The maximum atomic E-state index is 6.26. The van der Waals surface area contributed by atoms with Gasteiger partial charge in [-0.05, 0) is 31.6 Å². The fourth-order valence-electron chi connectivity index (χ4n) is 3.34. The highest BCUT2D eigenvalue weighted by Gasteiger charge is 2.28. The Hall–Kier alpha value is -0.120. The Bertz CT molecular complexity index is 264. The largest absolute Gasteiger partial charge is 0.372 e. The molecule has 0 saturated carbocycles. The Morgan fingerprint density at radius 2 is 1.67 bits per heavy atom. The van der Waals surface area contributed by atoms with Crippen LogP contribution < -0.4 is 5.32 Å². The van der Waals surface area contributed by atoms with Crippen LogP contribution in [0.5, 0.6) is 0 Å². The quantitative estimate of drug-likeness (QED) is 0.666. The molecule has 1 aliphatic rings. The number of rotatable bonds is 10. The van der Waals surface area contributed by atoms with Crippen molar-refractivity contribution in [3.63, 3.8) is 0 Å². The first-order chi connectivity index (χ1) is 9.96. The molecule has 0 aromatic carbocycles. The van der Waals surface area contributed by atoms with Crippen LogP contribution in [0.4, 0.5) is 0 Å². The lowest BCUT2D eigenvalue weighted by atomic mass is 10.1. The van der Waals surface area contributed by atoms with Crippen molar-refractivity contribution in [1.29, 1.82) is 0 Å². The Morgan fingerprint density at radius 3 is 2.19 bits per heavy atom. The van der Waals surface area contributed by atoms with Gasteiger partial charge >= 0.3 is 0 Å². The van der Waals surface area contributed by atoms with E-state index in [4.69, 9.17) is 4.74 Å². The molecule has 0 aromatic rings. The van der Waals surface area contributed by atoms with Crippen molar-refractivity contribution in [2.24, 2.45) is 5.92 Å². The highest BCUT2D eigenvalue weighted by Crippen LogP contribution is 2.22. The number of ether oxygens (including phenoxy) is 1. The van der Waals surface area contributed by atoms with Gasteiger partial charge in [0.25, 0.3) is 0 Å². The van der Waals surface area contributed by atoms with Crippen LogP contribution >= 0.6 is 0 Å². The highest BCUT2D eigenvalue weighted by molar-refractivity contribution is 4.81. The molecule has 0 aromatic heterocycles. The molecule has 1 heterocycles. The van der Waals surface area contributed by atoms with E-state index in [9.17, 15) is 0 Å². The number of nitrogens with one attached hydrogen (secondary N) is 1. The van der Waals surface area contributed by atoms with Gasteiger partial charge in [0.05, 0.1) is 12.2 Å². The van der Waals surface area contributed by atoms with Gasteiger partial charge in [-0.15, -0.1) is 0 Å². The first kappa shape index (κ1) is 18.9. The van der Waals surface area contributed by atoms with Gasteiger partial charge in [-0.2, -0.15) is 0 Å². The summed E-state index contributed by atoms with van der Waals surface area (Å²) < 4.78 is 6.26. The van der Waals surface area contributed by atoms with Crippen molar-refractivity contribution >= 4 is 0 Å². The second-order valence-electron chi connectivity index (χ2n) is 7.34. The smallest absolute Gasteiger partial charge is 0.0707 e. The average Bonchev–Trinajstić information content (AvgIpc) is 2.84. The van der Waals surface area contributed by atoms with E-state index < -0.39 is 0 Å². The van der Waals surface area contributed by atoms with Gasteiger partial charge in [0.1, 0.15) is 0 Å². The summed E-state index contributed by atoms with van der Waals surface area (Å²) in [5.74, 6) is 0.727. The van der Waals surface area contributed by atoms with E-state index in [2.05, 4.69) is 51.8 Å². The van der Waals surface area contributed by atoms with Gasteiger partial charge in [-0.1, -0.05) is 41.5 Å². The Morgan fingerprint density at radius 1 is 1.05 bits per heavy atom. The minimum atomic E-state index is 0.417. The molecule has 1 aliphatic heterocycles. The Labute approximate surface area is 132 Å². The third-order valence-electron chi connectivity index (χ3n) is 4.45. The molecule has 0 aliphatic carbocycles. The molecule has 0 amide bonds. The van der Waals surface area contributed by atoms with Crippen LogP contribution in [-0.4, -0.2) is 48.8 Å². The summed E-state index contributed by atoms with van der Waals surface area (Å²) in [6, 6.07) is 1.26. The van der Waals surface area contributed by atoms with Crippen LogP contribution in [0.3, 0.4) is 0 Å². The van der Waals surface area contributed by atoms with E-state index in [0.29, 0.717) is 24.3 Å². The highest BCUT2D eigenvalue weighted by atomic mass is 16.5. The normalized spacial score (nSPS) is 23.1.